The summed E-state index contributed by atoms with van der Waals surface area (Å²) < 4.78 is 28.8. The standard InChI is InChI=1S/C20H30N4O4S/c1-21-20(22-10-8-19(25)24-17-9-11-29(26,27)14-17)23-12-16-4-2-3-5-18(16)28-13-15-6-7-15/h2-5,15,17H,6-14H2,1H3,(H,24,25)(H2,21,22,23). The van der Waals surface area contributed by atoms with Crippen molar-refractivity contribution in [1.82, 2.24) is 16.0 Å². The Labute approximate surface area is 172 Å². The largest absolute Gasteiger partial charge is 0.493 e. The Hall–Kier alpha value is -2.29. The fourth-order valence-electron chi connectivity index (χ4n) is 3.19. The molecule has 0 spiro atoms. The molecule has 1 heterocycles. The van der Waals surface area contributed by atoms with Crippen LogP contribution in [0.2, 0.25) is 0 Å². The van der Waals surface area contributed by atoms with Crippen molar-refractivity contribution >= 4 is 21.7 Å². The van der Waals surface area contributed by atoms with Gasteiger partial charge < -0.3 is 20.7 Å². The number of hydrogen-bond acceptors (Lipinski definition) is 5. The van der Waals surface area contributed by atoms with Crippen LogP contribution in [0.5, 0.6) is 5.75 Å². The third-order valence-electron chi connectivity index (χ3n) is 5.06. The molecule has 9 heteroatoms. The minimum Gasteiger partial charge on any atom is -0.493 e. The number of hydrogen-bond donors (Lipinski definition) is 3. The van der Waals surface area contributed by atoms with Crippen molar-refractivity contribution in [2.75, 3.05) is 31.7 Å². The summed E-state index contributed by atoms with van der Waals surface area (Å²) in [6.45, 7) is 1.73. The van der Waals surface area contributed by atoms with Crippen LogP contribution in [-0.2, 0) is 21.2 Å². The molecule has 2 fully saturated rings. The molecule has 3 rings (SSSR count). The Morgan fingerprint density at radius 1 is 1.21 bits per heavy atom. The van der Waals surface area contributed by atoms with Crippen LogP contribution in [0.4, 0.5) is 0 Å². The molecule has 1 unspecified atom stereocenters. The predicted octanol–water partition coefficient (Wildman–Crippen LogP) is 0.834. The molecule has 1 aliphatic carbocycles. The smallest absolute Gasteiger partial charge is 0.222 e. The average molecular weight is 423 g/mol. The van der Waals surface area contributed by atoms with Gasteiger partial charge in [-0.15, -0.1) is 0 Å². The van der Waals surface area contributed by atoms with Crippen molar-refractivity contribution in [1.29, 1.82) is 0 Å². The second-order valence-electron chi connectivity index (χ2n) is 7.63. The molecular weight excluding hydrogens is 392 g/mol. The van der Waals surface area contributed by atoms with Gasteiger partial charge >= 0.3 is 0 Å². The highest BCUT2D eigenvalue weighted by atomic mass is 32.2. The Kier molecular flexibility index (Phi) is 7.35. The molecule has 2 aliphatic rings. The van der Waals surface area contributed by atoms with Gasteiger partial charge in [-0.1, -0.05) is 18.2 Å². The molecule has 1 amide bonds. The summed E-state index contributed by atoms with van der Waals surface area (Å²) in [4.78, 5) is 16.2. The van der Waals surface area contributed by atoms with Crippen LogP contribution in [0.25, 0.3) is 0 Å². The minimum atomic E-state index is -2.99. The molecule has 3 N–H and O–H groups in total. The molecule has 0 radical (unpaired) electrons. The summed E-state index contributed by atoms with van der Waals surface area (Å²) in [5.41, 5.74) is 1.05. The highest BCUT2D eigenvalue weighted by molar-refractivity contribution is 7.91. The molecule has 0 aromatic heterocycles. The van der Waals surface area contributed by atoms with Crippen molar-refractivity contribution < 1.29 is 17.9 Å². The van der Waals surface area contributed by atoms with Gasteiger partial charge in [0, 0.05) is 38.2 Å². The van der Waals surface area contributed by atoms with E-state index in [1.165, 1.54) is 12.8 Å². The lowest BCUT2D eigenvalue weighted by molar-refractivity contribution is -0.121. The number of aliphatic imine (C=N–C) groups is 1. The maximum Gasteiger partial charge on any atom is 0.222 e. The predicted molar refractivity (Wildman–Crippen MR) is 113 cm³/mol. The lowest BCUT2D eigenvalue weighted by atomic mass is 10.2. The van der Waals surface area contributed by atoms with Crippen LogP contribution in [-0.4, -0.2) is 58.0 Å². The quantitative estimate of drug-likeness (QED) is 0.402. The molecule has 1 aromatic carbocycles. The van der Waals surface area contributed by atoms with Crippen molar-refractivity contribution in [3.05, 3.63) is 29.8 Å². The maximum atomic E-state index is 12.0. The number of sulfone groups is 1. The van der Waals surface area contributed by atoms with E-state index in [0.717, 1.165) is 17.9 Å². The number of nitrogens with one attached hydrogen (secondary N) is 3. The van der Waals surface area contributed by atoms with E-state index in [2.05, 4.69) is 20.9 Å². The highest BCUT2D eigenvalue weighted by Gasteiger charge is 2.28. The van der Waals surface area contributed by atoms with Crippen LogP contribution in [0.3, 0.4) is 0 Å². The lowest BCUT2D eigenvalue weighted by Crippen LogP contribution is -2.41. The number of carbonyl (C=O) groups excluding carboxylic acids is 1. The summed E-state index contributed by atoms with van der Waals surface area (Å²) in [6.07, 6.45) is 3.24. The zero-order valence-corrected chi connectivity index (χ0v) is 17.6. The van der Waals surface area contributed by atoms with Gasteiger partial charge in [-0.05, 0) is 31.2 Å². The maximum absolute atomic E-state index is 12.0. The molecule has 1 atom stereocenters. The number of guanidine groups is 1. The molecular formula is C20H30N4O4S. The third-order valence-corrected chi connectivity index (χ3v) is 6.82. The van der Waals surface area contributed by atoms with Gasteiger partial charge in [0.05, 0.1) is 18.1 Å². The first-order valence-electron chi connectivity index (χ1n) is 10.1. The first-order chi connectivity index (χ1) is 13.9. The summed E-state index contributed by atoms with van der Waals surface area (Å²) in [6, 6.07) is 7.67. The molecule has 1 saturated carbocycles. The highest BCUT2D eigenvalue weighted by Crippen LogP contribution is 2.30. The monoisotopic (exact) mass is 422 g/mol. The molecule has 29 heavy (non-hydrogen) atoms. The topological polar surface area (TPSA) is 109 Å². The Morgan fingerprint density at radius 2 is 2.00 bits per heavy atom. The molecule has 0 bridgehead atoms. The Balaban J connectivity index is 1.38. The van der Waals surface area contributed by atoms with Crippen LogP contribution < -0.4 is 20.7 Å². The third kappa shape index (κ3) is 7.23. The first kappa shape index (κ1) is 21.4. The van der Waals surface area contributed by atoms with Crippen molar-refractivity contribution in [3.63, 3.8) is 0 Å². The van der Waals surface area contributed by atoms with Gasteiger partial charge in [-0.2, -0.15) is 0 Å². The van der Waals surface area contributed by atoms with Gasteiger partial charge in [0.1, 0.15) is 5.75 Å². The van der Waals surface area contributed by atoms with E-state index in [0.29, 0.717) is 31.4 Å². The van der Waals surface area contributed by atoms with Crippen molar-refractivity contribution in [2.45, 2.75) is 38.3 Å². The molecule has 1 aliphatic heterocycles. The zero-order chi connectivity index (χ0) is 20.7. The van der Waals surface area contributed by atoms with Crippen LogP contribution in [0.15, 0.2) is 29.3 Å². The Bertz CT molecular complexity index is 837. The number of nitrogens with zero attached hydrogens (tertiary/aromatic N) is 1. The van der Waals surface area contributed by atoms with Crippen molar-refractivity contribution in [2.24, 2.45) is 10.9 Å². The number of carbonyl (C=O) groups is 1. The molecule has 1 saturated heterocycles. The van der Waals surface area contributed by atoms with Gasteiger partial charge in [0.25, 0.3) is 0 Å². The van der Waals surface area contributed by atoms with Gasteiger partial charge in [0.15, 0.2) is 15.8 Å². The van der Waals surface area contributed by atoms with Crippen LogP contribution in [0, 0.1) is 5.92 Å². The molecule has 160 valence electrons. The van der Waals surface area contributed by atoms with E-state index in [4.69, 9.17) is 4.74 Å². The number of amides is 1. The van der Waals surface area contributed by atoms with E-state index < -0.39 is 9.84 Å². The normalized spacial score (nSPS) is 20.9. The first-order valence-corrected chi connectivity index (χ1v) is 11.9. The number of benzene rings is 1. The van der Waals surface area contributed by atoms with Crippen molar-refractivity contribution in [3.8, 4) is 5.75 Å². The zero-order valence-electron chi connectivity index (χ0n) is 16.8. The summed E-state index contributed by atoms with van der Waals surface area (Å²) in [5.74, 6) is 2.21. The fraction of sp³-hybridized carbons (Fsp3) is 0.600. The van der Waals surface area contributed by atoms with E-state index in [1.807, 2.05) is 24.3 Å². The lowest BCUT2D eigenvalue weighted by Gasteiger charge is -2.15. The second-order valence-corrected chi connectivity index (χ2v) is 9.86. The number of rotatable bonds is 9. The minimum absolute atomic E-state index is 0.0393. The van der Waals surface area contributed by atoms with E-state index in [-0.39, 0.29) is 29.9 Å². The van der Waals surface area contributed by atoms with Gasteiger partial charge in [0.2, 0.25) is 5.91 Å². The van der Waals surface area contributed by atoms with Gasteiger partial charge in [-0.3, -0.25) is 9.79 Å². The van der Waals surface area contributed by atoms with E-state index in [1.54, 1.807) is 7.05 Å². The van der Waals surface area contributed by atoms with Gasteiger partial charge in [-0.25, -0.2) is 8.42 Å². The fourth-order valence-corrected chi connectivity index (χ4v) is 4.86. The SMILES string of the molecule is CN=C(NCCC(=O)NC1CCS(=O)(=O)C1)NCc1ccccc1OCC1CC1. The van der Waals surface area contributed by atoms with E-state index >= 15 is 0 Å². The second kappa shape index (κ2) is 9.96. The van der Waals surface area contributed by atoms with Crippen LogP contribution in [0.1, 0.15) is 31.2 Å². The summed E-state index contributed by atoms with van der Waals surface area (Å²) in [7, 11) is -1.32. The summed E-state index contributed by atoms with van der Waals surface area (Å²) >= 11 is 0. The van der Waals surface area contributed by atoms with Crippen LogP contribution >= 0.6 is 0 Å². The Morgan fingerprint density at radius 3 is 2.69 bits per heavy atom. The average Bonchev–Trinajstić information content (AvgIpc) is 3.46. The number of ether oxygens (including phenoxy) is 1. The summed E-state index contributed by atoms with van der Waals surface area (Å²) in [5, 5.41) is 9.13. The molecule has 1 aromatic rings. The molecule has 8 nitrogen and oxygen atoms in total. The number of para-hydroxylation sites is 1. The van der Waals surface area contributed by atoms with E-state index in [9.17, 15) is 13.2 Å².